The number of hydrogen-bond donors (Lipinski definition) is 0. The van der Waals surface area contributed by atoms with Crippen molar-refractivity contribution in [3.63, 3.8) is 0 Å². The summed E-state index contributed by atoms with van der Waals surface area (Å²) >= 11 is 0. The van der Waals surface area contributed by atoms with Gasteiger partial charge in [0.15, 0.2) is 0 Å². The second kappa shape index (κ2) is 12.0. The Morgan fingerprint density at radius 3 is 2.17 bits per heavy atom. The first-order valence-electron chi connectivity index (χ1n) is 8.90. The molecule has 3 heteroatoms. The van der Waals surface area contributed by atoms with E-state index in [0.717, 1.165) is 12.8 Å². The van der Waals surface area contributed by atoms with Crippen LogP contribution in [0.5, 0.6) is 0 Å². The Labute approximate surface area is 139 Å². The molecule has 0 amide bonds. The Bertz CT molecular complexity index is 482. The molecule has 1 rings (SSSR count). The van der Waals surface area contributed by atoms with Gasteiger partial charge in [-0.3, -0.25) is 9.59 Å². The van der Waals surface area contributed by atoms with Gasteiger partial charge in [-0.25, -0.2) is 4.39 Å². The van der Waals surface area contributed by atoms with Crippen LogP contribution in [0.1, 0.15) is 76.7 Å². The van der Waals surface area contributed by atoms with Crippen molar-refractivity contribution in [2.45, 2.75) is 77.6 Å². The van der Waals surface area contributed by atoms with Gasteiger partial charge in [0.2, 0.25) is 0 Å². The van der Waals surface area contributed by atoms with E-state index < -0.39 is 0 Å². The summed E-state index contributed by atoms with van der Waals surface area (Å²) in [5.41, 5.74) is 0.542. The number of unbranched alkanes of at least 4 members (excludes halogenated alkanes) is 6. The van der Waals surface area contributed by atoms with Crippen LogP contribution in [0.15, 0.2) is 24.3 Å². The van der Waals surface area contributed by atoms with Crippen LogP contribution in [0.25, 0.3) is 0 Å². The minimum atomic E-state index is -0.283. The quantitative estimate of drug-likeness (QED) is 0.359. The molecule has 128 valence electrons. The highest BCUT2D eigenvalue weighted by Crippen LogP contribution is 2.12. The summed E-state index contributed by atoms with van der Waals surface area (Å²) in [6.45, 7) is 2.20. The Hall–Kier alpha value is -1.51. The summed E-state index contributed by atoms with van der Waals surface area (Å²) in [7, 11) is 0. The van der Waals surface area contributed by atoms with Crippen molar-refractivity contribution in [2.75, 3.05) is 0 Å². The van der Waals surface area contributed by atoms with Crippen LogP contribution >= 0.6 is 0 Å². The average Bonchev–Trinajstić information content (AvgIpc) is 2.53. The van der Waals surface area contributed by atoms with Gasteiger partial charge in [-0.1, -0.05) is 63.6 Å². The zero-order chi connectivity index (χ0) is 16.9. The smallest absolute Gasteiger partial charge is 0.140 e. The third-order valence-electron chi connectivity index (χ3n) is 4.08. The number of aryl methyl sites for hydroxylation is 1. The molecule has 1 aromatic rings. The van der Waals surface area contributed by atoms with E-state index in [1.54, 1.807) is 18.2 Å². The molecule has 2 nitrogen and oxygen atoms in total. The van der Waals surface area contributed by atoms with E-state index in [9.17, 15) is 14.0 Å². The molecule has 0 spiro atoms. The third kappa shape index (κ3) is 9.27. The molecular formula is C20H29FO2. The van der Waals surface area contributed by atoms with E-state index in [-0.39, 0.29) is 30.2 Å². The number of hydrogen-bond acceptors (Lipinski definition) is 2. The summed E-state index contributed by atoms with van der Waals surface area (Å²) in [5.74, 6) is -0.340. The maximum absolute atomic E-state index is 13.4. The third-order valence-corrected chi connectivity index (χ3v) is 4.08. The van der Waals surface area contributed by atoms with E-state index in [2.05, 4.69) is 6.92 Å². The van der Waals surface area contributed by atoms with Gasteiger partial charge in [-0.05, 0) is 24.5 Å². The van der Waals surface area contributed by atoms with Crippen molar-refractivity contribution in [1.82, 2.24) is 0 Å². The van der Waals surface area contributed by atoms with Crippen molar-refractivity contribution < 1.29 is 14.0 Å². The monoisotopic (exact) mass is 320 g/mol. The molecule has 1 aromatic carbocycles. The minimum absolute atomic E-state index is 0.00425. The number of benzene rings is 1. The molecule has 0 bridgehead atoms. The van der Waals surface area contributed by atoms with E-state index in [1.807, 2.05) is 0 Å². The zero-order valence-electron chi connectivity index (χ0n) is 14.3. The highest BCUT2D eigenvalue weighted by molar-refractivity contribution is 5.99. The number of halogens is 1. The molecule has 0 heterocycles. The predicted molar refractivity (Wildman–Crippen MR) is 92.0 cm³/mol. The van der Waals surface area contributed by atoms with Gasteiger partial charge >= 0.3 is 0 Å². The average molecular weight is 320 g/mol. The lowest BCUT2D eigenvalue weighted by Crippen LogP contribution is -2.09. The van der Waals surface area contributed by atoms with Crippen molar-refractivity contribution in [2.24, 2.45) is 0 Å². The Morgan fingerprint density at radius 1 is 0.870 bits per heavy atom. The molecule has 0 N–H and O–H groups in total. The SMILES string of the molecule is CCCCCCCCCC(=O)CC(=O)CCc1ccccc1F. The highest BCUT2D eigenvalue weighted by Gasteiger charge is 2.10. The molecule has 0 aliphatic heterocycles. The van der Waals surface area contributed by atoms with Crippen LogP contribution in [0, 0.1) is 5.82 Å². The van der Waals surface area contributed by atoms with Crippen LogP contribution in [0.2, 0.25) is 0 Å². The van der Waals surface area contributed by atoms with E-state index in [0.29, 0.717) is 18.4 Å². The first-order chi connectivity index (χ1) is 11.1. The Balaban J connectivity index is 2.09. The highest BCUT2D eigenvalue weighted by atomic mass is 19.1. The second-order valence-corrected chi connectivity index (χ2v) is 6.22. The van der Waals surface area contributed by atoms with Crippen LogP contribution in [0.3, 0.4) is 0 Å². The van der Waals surface area contributed by atoms with Crippen LogP contribution < -0.4 is 0 Å². The van der Waals surface area contributed by atoms with Crippen molar-refractivity contribution in [3.8, 4) is 0 Å². The number of Topliss-reactive ketones (excluding diaryl/α,β-unsaturated/α-hetero) is 2. The fraction of sp³-hybridized carbons (Fsp3) is 0.600. The lowest BCUT2D eigenvalue weighted by molar-refractivity contribution is -0.127. The maximum Gasteiger partial charge on any atom is 0.140 e. The van der Waals surface area contributed by atoms with Gasteiger partial charge in [0.05, 0.1) is 6.42 Å². The fourth-order valence-corrected chi connectivity index (χ4v) is 2.65. The molecule has 0 unspecified atom stereocenters. The number of rotatable bonds is 13. The van der Waals surface area contributed by atoms with E-state index in [4.69, 9.17) is 0 Å². The zero-order valence-corrected chi connectivity index (χ0v) is 14.3. The van der Waals surface area contributed by atoms with Crippen LogP contribution in [-0.4, -0.2) is 11.6 Å². The lowest BCUT2D eigenvalue weighted by Gasteiger charge is -2.03. The fourth-order valence-electron chi connectivity index (χ4n) is 2.65. The number of carbonyl (C=O) groups excluding carboxylic acids is 2. The van der Waals surface area contributed by atoms with Crippen LogP contribution in [-0.2, 0) is 16.0 Å². The van der Waals surface area contributed by atoms with Gasteiger partial charge in [-0.15, -0.1) is 0 Å². The molecule has 0 saturated carbocycles. The molecule has 0 aliphatic carbocycles. The molecule has 0 aromatic heterocycles. The van der Waals surface area contributed by atoms with Gasteiger partial charge in [0.1, 0.15) is 17.4 Å². The summed E-state index contributed by atoms with van der Waals surface area (Å²) in [6.07, 6.45) is 9.29. The predicted octanol–water partition coefficient (Wildman–Crippen LogP) is 5.43. The van der Waals surface area contributed by atoms with Gasteiger partial charge in [0, 0.05) is 12.8 Å². The van der Waals surface area contributed by atoms with Gasteiger partial charge in [-0.2, -0.15) is 0 Å². The topological polar surface area (TPSA) is 34.1 Å². The molecule has 0 fully saturated rings. The number of carbonyl (C=O) groups is 2. The summed E-state index contributed by atoms with van der Waals surface area (Å²) in [5, 5.41) is 0. The lowest BCUT2D eigenvalue weighted by atomic mass is 10.0. The molecular weight excluding hydrogens is 291 g/mol. The largest absolute Gasteiger partial charge is 0.299 e. The molecule has 23 heavy (non-hydrogen) atoms. The normalized spacial score (nSPS) is 10.7. The maximum atomic E-state index is 13.4. The first-order valence-corrected chi connectivity index (χ1v) is 8.90. The second-order valence-electron chi connectivity index (χ2n) is 6.22. The first kappa shape index (κ1) is 19.5. The summed E-state index contributed by atoms with van der Waals surface area (Å²) in [6, 6.07) is 6.47. The molecule has 0 aliphatic rings. The van der Waals surface area contributed by atoms with Crippen LogP contribution in [0.4, 0.5) is 4.39 Å². The van der Waals surface area contributed by atoms with E-state index in [1.165, 1.54) is 38.2 Å². The van der Waals surface area contributed by atoms with E-state index >= 15 is 0 Å². The van der Waals surface area contributed by atoms with Gasteiger partial charge in [0.25, 0.3) is 0 Å². The molecule has 0 atom stereocenters. The number of ketones is 2. The molecule has 0 radical (unpaired) electrons. The Kier molecular flexibility index (Phi) is 10.2. The summed E-state index contributed by atoms with van der Waals surface area (Å²) in [4.78, 5) is 23.6. The minimum Gasteiger partial charge on any atom is -0.299 e. The Morgan fingerprint density at radius 2 is 1.48 bits per heavy atom. The van der Waals surface area contributed by atoms with Crippen molar-refractivity contribution >= 4 is 11.6 Å². The standard InChI is InChI=1S/C20H29FO2/c1-2-3-4-5-6-7-8-12-18(22)16-19(23)15-14-17-11-9-10-13-20(17)21/h9-11,13H,2-8,12,14-16H2,1H3. The van der Waals surface area contributed by atoms with Gasteiger partial charge < -0.3 is 0 Å². The van der Waals surface area contributed by atoms with Crippen molar-refractivity contribution in [1.29, 1.82) is 0 Å². The summed E-state index contributed by atoms with van der Waals surface area (Å²) < 4.78 is 13.4. The van der Waals surface area contributed by atoms with Crippen molar-refractivity contribution in [3.05, 3.63) is 35.6 Å². The molecule has 0 saturated heterocycles.